The summed E-state index contributed by atoms with van der Waals surface area (Å²) in [5, 5.41) is 11.7. The molecule has 10 nitrogen and oxygen atoms in total. The van der Waals surface area contributed by atoms with E-state index in [0.717, 1.165) is 0 Å². The van der Waals surface area contributed by atoms with Gasteiger partial charge in [-0.25, -0.2) is 27.1 Å². The van der Waals surface area contributed by atoms with Crippen LogP contribution in [0.2, 0.25) is 0 Å². The number of primary sulfonamides is 2. The molecule has 0 aromatic heterocycles. The molecule has 1 rings (SSSR count). The molecule has 0 fully saturated rings. The first-order valence-electron chi connectivity index (χ1n) is 6.53. The molecule has 0 saturated carbocycles. The predicted octanol–water partition coefficient (Wildman–Crippen LogP) is -1.83. The Kier molecular flexibility index (Phi) is 12.2. The second-order valence-electron chi connectivity index (χ2n) is 4.48. The minimum Gasteiger partial charge on any atom is -0.351 e. The van der Waals surface area contributed by atoms with Gasteiger partial charge in [0.2, 0.25) is 20.0 Å². The van der Waals surface area contributed by atoms with E-state index in [9.17, 15) is 26.4 Å². The third kappa shape index (κ3) is 13.4. The molecule has 1 aromatic rings. The van der Waals surface area contributed by atoms with Crippen molar-refractivity contribution in [2.45, 2.75) is 0 Å². The van der Waals surface area contributed by atoms with Crippen LogP contribution in [0.15, 0.2) is 24.3 Å². The molecule has 0 spiro atoms. The molecule has 7 N–H and O–H groups in total. The van der Waals surface area contributed by atoms with Crippen LogP contribution in [-0.4, -0.2) is 53.6 Å². The van der Waals surface area contributed by atoms with Crippen molar-refractivity contribution in [2.75, 3.05) is 24.6 Å². The van der Waals surface area contributed by atoms with Gasteiger partial charge in [0.25, 0.3) is 5.91 Å². The third-order valence-corrected chi connectivity index (χ3v) is 3.98. The number of aldehydes is 1. The number of halogens is 1. The van der Waals surface area contributed by atoms with Crippen LogP contribution < -0.4 is 21.3 Å². The van der Waals surface area contributed by atoms with Gasteiger partial charge in [0.1, 0.15) is 0 Å². The van der Waals surface area contributed by atoms with Gasteiger partial charge in [-0.1, -0.05) is 18.2 Å². The molecule has 1 aromatic carbocycles. The highest BCUT2D eigenvalue weighted by Crippen LogP contribution is 2.05. The molecule has 0 unspecified atom stereocenters. The molecule has 0 saturated heterocycles. The number of hydrogen-bond donors (Lipinski definition) is 4. The summed E-state index contributed by atoms with van der Waals surface area (Å²) in [6, 6.07) is 6.23. The van der Waals surface area contributed by atoms with Gasteiger partial charge in [-0.05, 0) is 6.07 Å². The van der Waals surface area contributed by atoms with E-state index in [1.165, 1.54) is 12.1 Å². The van der Waals surface area contributed by atoms with Crippen molar-refractivity contribution in [3.63, 3.8) is 0 Å². The molecule has 25 heavy (non-hydrogen) atoms. The molecule has 0 aliphatic carbocycles. The van der Waals surface area contributed by atoms with E-state index in [4.69, 9.17) is 10.9 Å². The molecule has 0 aliphatic heterocycles. The number of carbonyl (C=O) groups excluding carboxylic acids is 2. The Labute approximate surface area is 152 Å². The number of nitrogens with two attached hydrogens (primary N) is 3. The highest BCUT2D eigenvalue weighted by molar-refractivity contribution is 7.89. The van der Waals surface area contributed by atoms with Crippen molar-refractivity contribution in [1.29, 1.82) is 0 Å². The molecule has 0 heterocycles. The minimum atomic E-state index is -3.60. The number of sulfonamides is 2. The Balaban J connectivity index is 0. The van der Waals surface area contributed by atoms with Crippen LogP contribution in [0.5, 0.6) is 0 Å². The lowest BCUT2D eigenvalue weighted by Crippen LogP contribution is -2.31. The summed E-state index contributed by atoms with van der Waals surface area (Å²) < 4.78 is 41.1. The van der Waals surface area contributed by atoms with Crippen LogP contribution in [0.25, 0.3) is 0 Å². The van der Waals surface area contributed by atoms with Crippen molar-refractivity contribution >= 4 is 44.6 Å². The van der Waals surface area contributed by atoms with Crippen LogP contribution >= 0.6 is 12.4 Å². The van der Waals surface area contributed by atoms with Crippen molar-refractivity contribution in [2.24, 2.45) is 16.0 Å². The van der Waals surface area contributed by atoms with E-state index in [1.54, 1.807) is 12.1 Å². The third-order valence-electron chi connectivity index (χ3n) is 2.41. The molecule has 0 bridgehead atoms. The second-order valence-corrected chi connectivity index (χ2v) is 7.95. The number of rotatable bonds is 7. The average Bonchev–Trinajstić information content (AvgIpc) is 2.45. The number of nitrogens with one attached hydrogen (secondary N) is 1. The van der Waals surface area contributed by atoms with Crippen molar-refractivity contribution in [1.82, 2.24) is 5.32 Å². The van der Waals surface area contributed by atoms with Crippen LogP contribution in [0.4, 0.5) is 0 Å². The number of hydrogen-bond acceptors (Lipinski definition) is 7. The fraction of sp³-hybridized carbons (Fsp3) is 0.333. The lowest BCUT2D eigenvalue weighted by atomic mass is 10.1. The zero-order valence-electron chi connectivity index (χ0n) is 13.1. The SMILES string of the molecule is Cl.NCCS(N)(=O)=O.NS(=O)(=O)CCNC(=O)c1ccccc1C=O. The van der Waals surface area contributed by atoms with Gasteiger partial charge >= 0.3 is 0 Å². The fourth-order valence-corrected chi connectivity index (χ4v) is 2.09. The summed E-state index contributed by atoms with van der Waals surface area (Å²) in [5.41, 5.74) is 5.31. The van der Waals surface area contributed by atoms with Gasteiger partial charge in [-0.15, -0.1) is 12.4 Å². The molecule has 13 heteroatoms. The first-order chi connectivity index (χ1) is 11.0. The molecule has 144 valence electrons. The Morgan fingerprint density at radius 1 is 1.04 bits per heavy atom. The molecular formula is C12H21ClN4O6S2. The number of carbonyl (C=O) groups is 2. The summed E-state index contributed by atoms with van der Waals surface area (Å²) >= 11 is 0. The Morgan fingerprint density at radius 2 is 1.56 bits per heavy atom. The number of amides is 1. The van der Waals surface area contributed by atoms with E-state index in [0.29, 0.717) is 6.29 Å². The van der Waals surface area contributed by atoms with E-state index in [-0.39, 0.29) is 48.1 Å². The molecule has 1 amide bonds. The highest BCUT2D eigenvalue weighted by Gasteiger charge is 2.10. The van der Waals surface area contributed by atoms with Crippen LogP contribution in [0.1, 0.15) is 20.7 Å². The maximum atomic E-state index is 11.6. The fourth-order valence-electron chi connectivity index (χ4n) is 1.37. The minimum absolute atomic E-state index is 0. The normalized spacial score (nSPS) is 10.7. The monoisotopic (exact) mass is 416 g/mol. The van der Waals surface area contributed by atoms with E-state index in [2.05, 4.69) is 10.5 Å². The van der Waals surface area contributed by atoms with Gasteiger partial charge in [-0.2, -0.15) is 0 Å². The largest absolute Gasteiger partial charge is 0.351 e. The van der Waals surface area contributed by atoms with Crippen molar-refractivity contribution in [3.8, 4) is 0 Å². The first kappa shape index (κ1) is 25.7. The Morgan fingerprint density at radius 3 is 1.96 bits per heavy atom. The van der Waals surface area contributed by atoms with Crippen molar-refractivity contribution < 1.29 is 26.4 Å². The summed E-state index contributed by atoms with van der Waals surface area (Å²) in [5.74, 6) is -0.981. The number of benzene rings is 1. The Hall–Kier alpha value is -1.57. The Bertz CT molecular complexity index is 768. The maximum absolute atomic E-state index is 11.6. The summed E-state index contributed by atoms with van der Waals surface area (Å²) in [6.07, 6.45) is 0.564. The lowest BCUT2D eigenvalue weighted by molar-refractivity contribution is 0.0950. The van der Waals surface area contributed by atoms with Gasteiger partial charge < -0.3 is 11.1 Å². The van der Waals surface area contributed by atoms with Crippen molar-refractivity contribution in [3.05, 3.63) is 35.4 Å². The topological polar surface area (TPSA) is 193 Å². The predicted molar refractivity (Wildman–Crippen MR) is 96.4 cm³/mol. The van der Waals surface area contributed by atoms with Crippen LogP contribution in [-0.2, 0) is 20.0 Å². The van der Waals surface area contributed by atoms with E-state index < -0.39 is 26.0 Å². The summed E-state index contributed by atoms with van der Waals surface area (Å²) in [4.78, 5) is 22.3. The molecule has 0 radical (unpaired) electrons. The van der Waals surface area contributed by atoms with Crippen LogP contribution in [0, 0.1) is 0 Å². The highest BCUT2D eigenvalue weighted by atomic mass is 35.5. The average molecular weight is 417 g/mol. The van der Waals surface area contributed by atoms with E-state index in [1.807, 2.05) is 0 Å². The summed E-state index contributed by atoms with van der Waals surface area (Å²) in [7, 11) is -6.90. The zero-order chi connectivity index (χ0) is 18.8. The smallest absolute Gasteiger partial charge is 0.252 e. The maximum Gasteiger partial charge on any atom is 0.252 e. The zero-order valence-corrected chi connectivity index (χ0v) is 15.6. The van der Waals surface area contributed by atoms with Crippen LogP contribution in [0.3, 0.4) is 0 Å². The van der Waals surface area contributed by atoms with Gasteiger partial charge in [0.05, 0.1) is 11.5 Å². The molecule has 0 aliphatic rings. The summed E-state index contributed by atoms with van der Waals surface area (Å²) in [6.45, 7) is 0.00366. The lowest BCUT2D eigenvalue weighted by Gasteiger charge is -2.05. The van der Waals surface area contributed by atoms with Gasteiger partial charge in [-0.3, -0.25) is 9.59 Å². The standard InChI is InChI=1S/C10H12N2O4S.C2H8N2O2S.ClH/c11-17(15,16)6-5-12-10(14)9-4-2-1-3-8(9)7-13;3-1-2-7(4,5)6;/h1-4,7H,5-6H2,(H,12,14)(H2,11,15,16);1-3H2,(H2,4,5,6);1H. The van der Waals surface area contributed by atoms with Gasteiger partial charge in [0, 0.05) is 24.2 Å². The quantitative estimate of drug-likeness (QED) is 0.375. The second kappa shape index (κ2) is 11.9. The first-order valence-corrected chi connectivity index (χ1v) is 9.96. The molecule has 0 atom stereocenters. The van der Waals surface area contributed by atoms with Gasteiger partial charge in [0.15, 0.2) is 6.29 Å². The molecular weight excluding hydrogens is 396 g/mol. The van der Waals surface area contributed by atoms with E-state index >= 15 is 0 Å².